The van der Waals surface area contributed by atoms with Gasteiger partial charge in [0.1, 0.15) is 11.5 Å². The molecule has 0 atom stereocenters. The van der Waals surface area contributed by atoms with Crippen LogP contribution >= 0.6 is 0 Å². The molecular weight excluding hydrogens is 430 g/mol. The molecule has 1 aliphatic heterocycles. The highest BCUT2D eigenvalue weighted by atomic mass is 16.5. The summed E-state index contributed by atoms with van der Waals surface area (Å²) in [4.78, 5) is 26.0. The lowest BCUT2D eigenvalue weighted by Crippen LogP contribution is -2.25. The topological polar surface area (TPSA) is 87.1 Å². The van der Waals surface area contributed by atoms with Crippen LogP contribution in [-0.4, -0.2) is 35.2 Å². The van der Waals surface area contributed by atoms with Crippen LogP contribution in [0.15, 0.2) is 42.5 Å². The van der Waals surface area contributed by atoms with E-state index in [0.29, 0.717) is 22.6 Å². The Morgan fingerprint density at radius 2 is 1.59 bits per heavy atom. The number of ether oxygens (including phenoxy) is 1. The van der Waals surface area contributed by atoms with E-state index < -0.39 is 11.9 Å². The van der Waals surface area contributed by atoms with Crippen molar-refractivity contribution in [2.24, 2.45) is 0 Å². The van der Waals surface area contributed by atoms with Crippen molar-refractivity contribution in [1.29, 1.82) is 0 Å². The van der Waals surface area contributed by atoms with Crippen molar-refractivity contribution >= 4 is 29.8 Å². The van der Waals surface area contributed by atoms with Crippen LogP contribution in [0, 0.1) is 13.8 Å². The van der Waals surface area contributed by atoms with E-state index >= 15 is 0 Å². The Morgan fingerprint density at radius 1 is 0.882 bits per heavy atom. The quantitative estimate of drug-likeness (QED) is 0.449. The number of carbonyl (C=O) groups is 2. The number of fused-ring (bicyclic) bond motifs is 2. The van der Waals surface area contributed by atoms with Crippen LogP contribution in [0.25, 0.3) is 12.2 Å². The number of anilines is 1. The molecule has 4 rings (SSSR count). The van der Waals surface area contributed by atoms with E-state index in [1.165, 1.54) is 12.1 Å². The highest BCUT2D eigenvalue weighted by molar-refractivity contribution is 6.01. The first-order valence-electron chi connectivity index (χ1n) is 11.2. The smallest absolute Gasteiger partial charge is 0.336 e. The van der Waals surface area contributed by atoms with E-state index in [9.17, 15) is 19.8 Å². The number of rotatable bonds is 6. The number of hydrogen-bond donors (Lipinski definition) is 2. The molecule has 3 aromatic carbocycles. The van der Waals surface area contributed by atoms with E-state index in [2.05, 4.69) is 25.3 Å². The summed E-state index contributed by atoms with van der Waals surface area (Å²) < 4.78 is 6.33. The molecule has 1 heterocycles. The Kier molecular flexibility index (Phi) is 5.92. The van der Waals surface area contributed by atoms with Gasteiger partial charge in [-0.15, -0.1) is 0 Å². The molecule has 174 valence electrons. The van der Waals surface area contributed by atoms with Crippen LogP contribution in [0.1, 0.15) is 56.8 Å². The maximum Gasteiger partial charge on any atom is 0.336 e. The minimum absolute atomic E-state index is 0.0736. The van der Waals surface area contributed by atoms with Gasteiger partial charge in [-0.3, -0.25) is 0 Å². The number of carboxylic acid groups (broad SMARTS) is 2. The van der Waals surface area contributed by atoms with Gasteiger partial charge in [-0.1, -0.05) is 12.6 Å². The third kappa shape index (κ3) is 3.81. The van der Waals surface area contributed by atoms with Gasteiger partial charge >= 0.3 is 11.9 Å². The van der Waals surface area contributed by atoms with Crippen molar-refractivity contribution in [2.75, 3.05) is 18.0 Å². The van der Waals surface area contributed by atoms with Crippen LogP contribution in [0.4, 0.5) is 5.69 Å². The normalized spacial score (nSPS) is 11.9. The van der Waals surface area contributed by atoms with Crippen LogP contribution in [0.5, 0.6) is 11.5 Å². The molecule has 3 aromatic rings. The second-order valence-corrected chi connectivity index (χ2v) is 8.43. The van der Waals surface area contributed by atoms with E-state index in [-0.39, 0.29) is 11.1 Å². The lowest BCUT2D eigenvalue weighted by molar-refractivity contribution is 0.0695. The first-order valence-corrected chi connectivity index (χ1v) is 11.2. The zero-order valence-corrected chi connectivity index (χ0v) is 19.7. The number of hydrogen-bond acceptors (Lipinski definition) is 4. The van der Waals surface area contributed by atoms with Gasteiger partial charge in [-0.25, -0.2) is 9.59 Å². The average molecular weight is 458 g/mol. The molecule has 6 heteroatoms. The summed E-state index contributed by atoms with van der Waals surface area (Å²) in [5, 5.41) is 21.0. The zero-order valence-electron chi connectivity index (χ0n) is 19.7. The van der Waals surface area contributed by atoms with Gasteiger partial charge in [0.05, 0.1) is 11.1 Å². The Bertz CT molecular complexity index is 1450. The minimum Gasteiger partial charge on any atom is -0.478 e. The molecule has 0 unspecified atom stereocenters. The van der Waals surface area contributed by atoms with Crippen LogP contribution in [-0.2, 0) is 0 Å². The molecule has 0 fully saturated rings. The third-order valence-corrected chi connectivity index (χ3v) is 6.37. The van der Waals surface area contributed by atoms with Gasteiger partial charge in [-0.2, -0.15) is 0 Å². The number of aryl methyl sites for hydroxylation is 2. The standard InChI is InChI=1S/C28H27NO5/c1-6-29(7-2)23-14-25-22(11-17(23)5)26(21-10-15(3)16(4)12-24(21)34-25)19-9-8-18(27(30)31)13-20(19)28(32)33/h8-14H,4,6-7H2,1-3,5H3,(H,30,31)(H,32,33). The summed E-state index contributed by atoms with van der Waals surface area (Å²) >= 11 is 0. The lowest BCUT2D eigenvalue weighted by atomic mass is 9.87. The Morgan fingerprint density at radius 3 is 2.21 bits per heavy atom. The Balaban J connectivity index is 2.12. The van der Waals surface area contributed by atoms with Crippen molar-refractivity contribution in [1.82, 2.24) is 0 Å². The van der Waals surface area contributed by atoms with Gasteiger partial charge in [0.25, 0.3) is 0 Å². The molecule has 2 N–H and O–H groups in total. The number of benzene rings is 3. The third-order valence-electron chi connectivity index (χ3n) is 6.37. The summed E-state index contributed by atoms with van der Waals surface area (Å²) in [6, 6.07) is 12.0. The number of aromatic carboxylic acids is 2. The molecule has 0 bridgehead atoms. The molecular formula is C28H27NO5. The van der Waals surface area contributed by atoms with Crippen molar-refractivity contribution in [3.8, 4) is 11.5 Å². The second kappa shape index (κ2) is 8.71. The second-order valence-electron chi connectivity index (χ2n) is 8.43. The van der Waals surface area contributed by atoms with Gasteiger partial charge in [0, 0.05) is 41.2 Å². The Labute approximate surface area is 198 Å². The van der Waals surface area contributed by atoms with Crippen molar-refractivity contribution in [3.63, 3.8) is 0 Å². The highest BCUT2D eigenvalue weighted by Crippen LogP contribution is 2.41. The molecule has 6 nitrogen and oxygen atoms in total. The fraction of sp³-hybridized carbons (Fsp3) is 0.214. The highest BCUT2D eigenvalue weighted by Gasteiger charge is 2.26. The lowest BCUT2D eigenvalue weighted by Gasteiger charge is -2.28. The molecule has 0 saturated carbocycles. The van der Waals surface area contributed by atoms with Crippen molar-refractivity contribution in [2.45, 2.75) is 27.7 Å². The van der Waals surface area contributed by atoms with Crippen LogP contribution < -0.4 is 20.1 Å². The van der Waals surface area contributed by atoms with E-state index in [1.807, 2.05) is 38.1 Å². The van der Waals surface area contributed by atoms with E-state index in [0.717, 1.165) is 45.9 Å². The largest absolute Gasteiger partial charge is 0.478 e. The molecule has 0 amide bonds. The summed E-state index contributed by atoms with van der Waals surface area (Å²) in [6.45, 7) is 13.9. The average Bonchev–Trinajstić information content (AvgIpc) is 2.79. The summed E-state index contributed by atoms with van der Waals surface area (Å²) in [7, 11) is 0. The maximum atomic E-state index is 12.2. The SMILES string of the molecule is C=c1cc2c(cc1C)=C(c1ccc(C(=O)O)cc1C(=O)O)c1cc(C)c(N(CC)CC)cc1O2. The molecule has 0 saturated heterocycles. The summed E-state index contributed by atoms with van der Waals surface area (Å²) in [6.07, 6.45) is 0. The molecule has 0 spiro atoms. The molecule has 0 aliphatic carbocycles. The monoisotopic (exact) mass is 457 g/mol. The summed E-state index contributed by atoms with van der Waals surface area (Å²) in [5.41, 5.74) is 4.78. The maximum absolute atomic E-state index is 12.2. The van der Waals surface area contributed by atoms with E-state index in [1.54, 1.807) is 6.07 Å². The first kappa shape index (κ1) is 23.1. The summed E-state index contributed by atoms with van der Waals surface area (Å²) in [5.74, 6) is -1.16. The zero-order chi connectivity index (χ0) is 24.7. The molecule has 0 radical (unpaired) electrons. The predicted molar refractivity (Wildman–Crippen MR) is 133 cm³/mol. The minimum atomic E-state index is -1.19. The Hall–Kier alpha value is -4.06. The molecule has 34 heavy (non-hydrogen) atoms. The number of nitrogens with zero attached hydrogens (tertiary/aromatic N) is 1. The van der Waals surface area contributed by atoms with Gasteiger partial charge in [0.15, 0.2) is 0 Å². The fourth-order valence-corrected chi connectivity index (χ4v) is 4.50. The molecule has 1 aliphatic rings. The fourth-order valence-electron chi connectivity index (χ4n) is 4.50. The molecule has 0 aromatic heterocycles. The van der Waals surface area contributed by atoms with Gasteiger partial charge < -0.3 is 19.8 Å². The van der Waals surface area contributed by atoms with Gasteiger partial charge in [0.2, 0.25) is 0 Å². The predicted octanol–water partition coefficient (Wildman–Crippen LogP) is 4.31. The van der Waals surface area contributed by atoms with Crippen molar-refractivity contribution < 1.29 is 24.5 Å². The number of carboxylic acids is 2. The first-order chi connectivity index (χ1) is 16.2. The van der Waals surface area contributed by atoms with Gasteiger partial charge in [-0.05, 0) is 79.9 Å². The van der Waals surface area contributed by atoms with Crippen LogP contribution in [0.2, 0.25) is 0 Å². The van der Waals surface area contributed by atoms with E-state index in [4.69, 9.17) is 4.74 Å². The van der Waals surface area contributed by atoms with Crippen LogP contribution in [0.3, 0.4) is 0 Å². The van der Waals surface area contributed by atoms with Crippen molar-refractivity contribution in [3.05, 3.63) is 86.3 Å².